The van der Waals surface area contributed by atoms with E-state index < -0.39 is 0 Å². The summed E-state index contributed by atoms with van der Waals surface area (Å²) in [6.07, 6.45) is 1.84. The zero-order valence-corrected chi connectivity index (χ0v) is 19.0. The number of hydrogen-bond donors (Lipinski definition) is 1. The summed E-state index contributed by atoms with van der Waals surface area (Å²) in [6, 6.07) is 21.5. The average Bonchev–Trinajstić information content (AvgIpc) is 3.04. The standard InChI is InChI=1S/C28H28N2O2/c1-5-20-8-12-22(13-9-20)29-26-25(24-16-7-18(3)17-19(24)4)27(31)30(28(26)32)23-14-10-21(6-2)11-15-23/h7-17,29H,5-6H2,1-4H3. The van der Waals surface area contributed by atoms with Crippen LogP contribution in [-0.4, -0.2) is 11.8 Å². The lowest BCUT2D eigenvalue weighted by molar-refractivity contribution is -0.120. The molecule has 0 bridgehead atoms. The molecule has 0 spiro atoms. The van der Waals surface area contributed by atoms with E-state index in [2.05, 4.69) is 19.2 Å². The highest BCUT2D eigenvalue weighted by molar-refractivity contribution is 6.46. The van der Waals surface area contributed by atoms with Crippen LogP contribution in [0, 0.1) is 13.8 Å². The molecule has 1 aliphatic rings. The van der Waals surface area contributed by atoms with Crippen LogP contribution in [-0.2, 0) is 22.4 Å². The second-order valence-corrected chi connectivity index (χ2v) is 8.21. The molecule has 4 rings (SSSR count). The zero-order valence-electron chi connectivity index (χ0n) is 19.0. The topological polar surface area (TPSA) is 49.4 Å². The Kier molecular flexibility index (Phi) is 5.95. The molecule has 0 aliphatic carbocycles. The molecule has 0 saturated carbocycles. The molecule has 0 unspecified atom stereocenters. The molecule has 1 heterocycles. The van der Waals surface area contributed by atoms with E-state index in [1.807, 2.05) is 80.6 Å². The number of hydrogen-bond acceptors (Lipinski definition) is 3. The lowest BCUT2D eigenvalue weighted by Gasteiger charge is -2.16. The van der Waals surface area contributed by atoms with Crippen molar-refractivity contribution in [1.82, 2.24) is 0 Å². The van der Waals surface area contributed by atoms with Gasteiger partial charge >= 0.3 is 0 Å². The predicted octanol–water partition coefficient (Wildman–Crippen LogP) is 5.82. The van der Waals surface area contributed by atoms with Gasteiger partial charge in [0.25, 0.3) is 11.8 Å². The van der Waals surface area contributed by atoms with Gasteiger partial charge in [-0.15, -0.1) is 0 Å². The quantitative estimate of drug-likeness (QED) is 0.507. The number of carbonyl (C=O) groups is 2. The Bertz CT molecular complexity index is 1210. The van der Waals surface area contributed by atoms with Crippen molar-refractivity contribution in [1.29, 1.82) is 0 Å². The molecule has 0 atom stereocenters. The molecule has 3 aromatic carbocycles. The van der Waals surface area contributed by atoms with Crippen LogP contribution in [0.15, 0.2) is 72.4 Å². The van der Waals surface area contributed by atoms with Gasteiger partial charge in [0.2, 0.25) is 0 Å². The van der Waals surface area contributed by atoms with Crippen LogP contribution in [0.3, 0.4) is 0 Å². The molecule has 4 heteroatoms. The minimum atomic E-state index is -0.339. The van der Waals surface area contributed by atoms with E-state index in [1.54, 1.807) is 0 Å². The van der Waals surface area contributed by atoms with Gasteiger partial charge in [0.15, 0.2) is 0 Å². The molecule has 2 amide bonds. The lowest BCUT2D eigenvalue weighted by Crippen LogP contribution is -2.32. The molecular weight excluding hydrogens is 396 g/mol. The largest absolute Gasteiger partial charge is 0.350 e. The number of benzene rings is 3. The van der Waals surface area contributed by atoms with Gasteiger partial charge in [-0.2, -0.15) is 0 Å². The maximum Gasteiger partial charge on any atom is 0.282 e. The summed E-state index contributed by atoms with van der Waals surface area (Å²) >= 11 is 0. The third-order valence-corrected chi connectivity index (χ3v) is 5.97. The Morgan fingerprint density at radius 2 is 1.34 bits per heavy atom. The van der Waals surface area contributed by atoms with E-state index in [9.17, 15) is 9.59 Å². The monoisotopic (exact) mass is 424 g/mol. The lowest BCUT2D eigenvalue weighted by atomic mass is 9.97. The Balaban J connectivity index is 1.80. The van der Waals surface area contributed by atoms with Crippen LogP contribution in [0.2, 0.25) is 0 Å². The predicted molar refractivity (Wildman–Crippen MR) is 131 cm³/mol. The van der Waals surface area contributed by atoms with Crippen molar-refractivity contribution in [3.05, 3.63) is 100 Å². The number of rotatable bonds is 6. The second-order valence-electron chi connectivity index (χ2n) is 8.21. The van der Waals surface area contributed by atoms with E-state index in [1.165, 1.54) is 10.5 Å². The summed E-state index contributed by atoms with van der Waals surface area (Å²) in [7, 11) is 0. The third-order valence-electron chi connectivity index (χ3n) is 5.97. The van der Waals surface area contributed by atoms with E-state index in [-0.39, 0.29) is 11.8 Å². The molecular formula is C28H28N2O2. The third kappa shape index (κ3) is 3.96. The average molecular weight is 425 g/mol. The summed E-state index contributed by atoms with van der Waals surface area (Å²) in [6.45, 7) is 8.17. The summed E-state index contributed by atoms with van der Waals surface area (Å²) < 4.78 is 0. The van der Waals surface area contributed by atoms with Gasteiger partial charge < -0.3 is 5.32 Å². The van der Waals surface area contributed by atoms with Crippen LogP contribution >= 0.6 is 0 Å². The zero-order chi connectivity index (χ0) is 22.8. The first-order valence-corrected chi connectivity index (χ1v) is 11.1. The van der Waals surface area contributed by atoms with Gasteiger partial charge in [-0.25, -0.2) is 4.90 Å². The van der Waals surface area contributed by atoms with Gasteiger partial charge in [-0.3, -0.25) is 9.59 Å². The first-order chi connectivity index (χ1) is 15.4. The number of anilines is 2. The van der Waals surface area contributed by atoms with Crippen molar-refractivity contribution in [3.63, 3.8) is 0 Å². The molecule has 0 fully saturated rings. The SMILES string of the molecule is CCc1ccc(NC2=C(c3ccc(C)cc3C)C(=O)N(c3ccc(CC)cc3)C2=O)cc1. The molecule has 162 valence electrons. The van der Waals surface area contributed by atoms with E-state index in [0.717, 1.165) is 40.8 Å². The molecule has 0 saturated heterocycles. The van der Waals surface area contributed by atoms with Gasteiger partial charge in [0.1, 0.15) is 5.70 Å². The van der Waals surface area contributed by atoms with Crippen molar-refractivity contribution < 1.29 is 9.59 Å². The number of imide groups is 1. The highest BCUT2D eigenvalue weighted by Gasteiger charge is 2.40. The summed E-state index contributed by atoms with van der Waals surface area (Å²) in [5, 5.41) is 3.25. The fraction of sp³-hybridized carbons (Fsp3) is 0.214. The smallest absolute Gasteiger partial charge is 0.282 e. The van der Waals surface area contributed by atoms with Gasteiger partial charge in [0.05, 0.1) is 11.3 Å². The number of nitrogens with zero attached hydrogens (tertiary/aromatic N) is 1. The fourth-order valence-corrected chi connectivity index (χ4v) is 4.07. The van der Waals surface area contributed by atoms with E-state index in [4.69, 9.17) is 0 Å². The number of amides is 2. The summed E-state index contributed by atoms with van der Waals surface area (Å²) in [4.78, 5) is 28.4. The molecule has 0 radical (unpaired) electrons. The van der Waals surface area contributed by atoms with Gasteiger partial charge in [-0.1, -0.05) is 61.9 Å². The number of aryl methyl sites for hydroxylation is 4. The maximum atomic E-state index is 13.6. The fourth-order valence-electron chi connectivity index (χ4n) is 4.07. The van der Waals surface area contributed by atoms with Crippen LogP contribution in [0.4, 0.5) is 11.4 Å². The summed E-state index contributed by atoms with van der Waals surface area (Å²) in [5.74, 6) is -0.646. The van der Waals surface area contributed by atoms with Crippen LogP contribution in [0.25, 0.3) is 5.57 Å². The van der Waals surface area contributed by atoms with Crippen LogP contribution in [0.5, 0.6) is 0 Å². The van der Waals surface area contributed by atoms with Crippen LogP contribution in [0.1, 0.15) is 41.7 Å². The molecule has 3 aromatic rings. The van der Waals surface area contributed by atoms with Crippen LogP contribution < -0.4 is 10.2 Å². The molecule has 1 N–H and O–H groups in total. The summed E-state index contributed by atoms with van der Waals surface area (Å²) in [5.41, 5.74) is 7.30. The number of nitrogens with one attached hydrogen (secondary N) is 1. The minimum Gasteiger partial charge on any atom is -0.350 e. The van der Waals surface area contributed by atoms with Crippen molar-refractivity contribution in [2.24, 2.45) is 0 Å². The Morgan fingerprint density at radius 3 is 1.91 bits per heavy atom. The second kappa shape index (κ2) is 8.83. The van der Waals surface area contributed by atoms with Crippen molar-refractivity contribution in [2.75, 3.05) is 10.2 Å². The molecule has 0 aromatic heterocycles. The highest BCUT2D eigenvalue weighted by Crippen LogP contribution is 2.35. The molecule has 4 nitrogen and oxygen atoms in total. The first kappa shape index (κ1) is 21.6. The van der Waals surface area contributed by atoms with Crippen molar-refractivity contribution in [3.8, 4) is 0 Å². The van der Waals surface area contributed by atoms with Crippen molar-refractivity contribution >= 4 is 28.8 Å². The normalized spacial score (nSPS) is 13.8. The number of carbonyl (C=O) groups excluding carboxylic acids is 2. The molecule has 32 heavy (non-hydrogen) atoms. The highest BCUT2D eigenvalue weighted by atomic mass is 16.2. The van der Waals surface area contributed by atoms with Gasteiger partial charge in [-0.05, 0) is 73.2 Å². The maximum absolute atomic E-state index is 13.6. The van der Waals surface area contributed by atoms with Crippen molar-refractivity contribution in [2.45, 2.75) is 40.5 Å². The Morgan fingerprint density at radius 1 is 0.750 bits per heavy atom. The van der Waals surface area contributed by atoms with E-state index in [0.29, 0.717) is 17.0 Å². The molecule has 1 aliphatic heterocycles. The van der Waals surface area contributed by atoms with E-state index >= 15 is 0 Å². The Hall–Kier alpha value is -3.66. The Labute approximate surface area is 189 Å². The first-order valence-electron chi connectivity index (χ1n) is 11.1. The minimum absolute atomic E-state index is 0.307. The van der Waals surface area contributed by atoms with Gasteiger partial charge in [0, 0.05) is 5.69 Å².